The highest BCUT2D eigenvalue weighted by molar-refractivity contribution is 5.92. The number of nitrogens with zero attached hydrogens (tertiary/aromatic N) is 4. The number of nitrogens with one attached hydrogen (secondary N) is 2. The number of hydrogen-bond donors (Lipinski definition) is 2. The van der Waals surface area contributed by atoms with Crippen molar-refractivity contribution < 1.29 is 27.9 Å². The summed E-state index contributed by atoms with van der Waals surface area (Å²) in [5.74, 6) is -3.50. The predicted octanol–water partition coefficient (Wildman–Crippen LogP) is 4.13. The quantitative estimate of drug-likeness (QED) is 0.270. The van der Waals surface area contributed by atoms with Crippen LogP contribution >= 0.6 is 0 Å². The number of carbonyl (C=O) groups is 3. The summed E-state index contributed by atoms with van der Waals surface area (Å²) in [5, 5.41) is 6.44. The van der Waals surface area contributed by atoms with Gasteiger partial charge in [-0.2, -0.15) is 0 Å². The molecule has 1 aromatic heterocycles. The lowest BCUT2D eigenvalue weighted by Crippen LogP contribution is -2.72. The Kier molecular flexibility index (Phi) is 10.3. The highest BCUT2D eigenvalue weighted by atomic mass is 19.2. The van der Waals surface area contributed by atoms with Gasteiger partial charge in [0, 0.05) is 64.4 Å². The molecule has 3 aliphatic rings. The molecule has 3 atom stereocenters. The van der Waals surface area contributed by atoms with Crippen LogP contribution in [0.1, 0.15) is 63.0 Å². The van der Waals surface area contributed by atoms with E-state index in [-0.39, 0.29) is 42.9 Å². The fourth-order valence-electron chi connectivity index (χ4n) is 7.38. The Bertz CT molecular complexity index is 1390. The number of ether oxygens (including phenoxy) is 1. The van der Waals surface area contributed by atoms with Crippen LogP contribution in [0.5, 0.6) is 0 Å². The molecule has 0 spiro atoms. The van der Waals surface area contributed by atoms with Gasteiger partial charge < -0.3 is 30.0 Å². The molecule has 2 fully saturated rings. The van der Waals surface area contributed by atoms with Crippen molar-refractivity contribution in [3.63, 3.8) is 0 Å². The van der Waals surface area contributed by atoms with Crippen molar-refractivity contribution in [2.45, 2.75) is 70.0 Å². The summed E-state index contributed by atoms with van der Waals surface area (Å²) in [6.07, 6.45) is 6.28. The molecule has 2 unspecified atom stereocenters. The van der Waals surface area contributed by atoms with Gasteiger partial charge in [-0.3, -0.25) is 14.7 Å². The standard InChI is InChI=1S/C33H44F2N6O4/c1-22(42)18-27-31(43)41(16-17-45-3)33(27,2)26(25-6-4-8-28(34)30(25)35)7-5-12-37-32(44)39-14-10-24(11-15-39)40-20-23-9-13-36-19-29(23)38-21-40/h4,6,8-9,13,19,24,26-27,38H,5,7,10-12,14-18,20-21H2,1-3H3,(H,37,44)/t26-,27?,33?/m0/s1. The Labute approximate surface area is 263 Å². The Morgan fingerprint density at radius 2 is 2.00 bits per heavy atom. The zero-order valence-electron chi connectivity index (χ0n) is 26.4. The second kappa shape index (κ2) is 14.2. The summed E-state index contributed by atoms with van der Waals surface area (Å²) in [6, 6.07) is 6.35. The number of halogens is 2. The van der Waals surface area contributed by atoms with Crippen LogP contribution in [-0.2, 0) is 20.9 Å². The number of aromatic nitrogens is 1. The van der Waals surface area contributed by atoms with E-state index in [1.807, 2.05) is 30.3 Å². The van der Waals surface area contributed by atoms with Crippen LogP contribution in [0.25, 0.3) is 0 Å². The third-order valence-corrected chi connectivity index (χ3v) is 9.90. The van der Waals surface area contributed by atoms with E-state index in [0.717, 1.165) is 37.8 Å². The van der Waals surface area contributed by atoms with Crippen molar-refractivity contribution in [3.8, 4) is 0 Å². The van der Waals surface area contributed by atoms with E-state index in [2.05, 4.69) is 20.5 Å². The van der Waals surface area contributed by atoms with Gasteiger partial charge >= 0.3 is 6.03 Å². The van der Waals surface area contributed by atoms with E-state index in [0.29, 0.717) is 38.5 Å². The number of pyridine rings is 1. The second-order valence-corrected chi connectivity index (χ2v) is 12.6. The summed E-state index contributed by atoms with van der Waals surface area (Å²) in [6.45, 7) is 7.08. The van der Waals surface area contributed by atoms with Crippen molar-refractivity contribution in [1.82, 2.24) is 25.0 Å². The zero-order chi connectivity index (χ0) is 32.1. The van der Waals surface area contributed by atoms with Crippen LogP contribution in [-0.4, -0.2) is 95.6 Å². The summed E-state index contributed by atoms with van der Waals surface area (Å²) in [4.78, 5) is 48.4. The summed E-state index contributed by atoms with van der Waals surface area (Å²) in [5.41, 5.74) is 1.54. The molecule has 0 bridgehead atoms. The first-order valence-electron chi connectivity index (χ1n) is 15.8. The average Bonchev–Trinajstić information content (AvgIpc) is 3.05. The molecule has 3 aliphatic heterocycles. The van der Waals surface area contributed by atoms with Crippen molar-refractivity contribution in [2.24, 2.45) is 5.92 Å². The topological polar surface area (TPSA) is 107 Å². The van der Waals surface area contributed by atoms with E-state index < -0.39 is 29.0 Å². The number of fused-ring (bicyclic) bond motifs is 1. The van der Waals surface area contributed by atoms with Crippen molar-refractivity contribution in [1.29, 1.82) is 0 Å². The lowest BCUT2D eigenvalue weighted by molar-refractivity contribution is -0.176. The molecular weight excluding hydrogens is 582 g/mol. The molecule has 0 aliphatic carbocycles. The minimum Gasteiger partial charge on any atom is -0.383 e. The number of carbonyl (C=O) groups excluding carboxylic acids is 3. The number of β-lactam (4-membered cyclic amide) rings is 1. The zero-order valence-corrected chi connectivity index (χ0v) is 26.4. The van der Waals surface area contributed by atoms with E-state index in [4.69, 9.17) is 4.74 Å². The van der Waals surface area contributed by atoms with Crippen LogP contribution < -0.4 is 10.6 Å². The van der Waals surface area contributed by atoms with Gasteiger partial charge in [-0.1, -0.05) is 12.1 Å². The maximum absolute atomic E-state index is 15.3. The van der Waals surface area contributed by atoms with E-state index in [1.165, 1.54) is 25.7 Å². The molecule has 2 saturated heterocycles. The average molecular weight is 627 g/mol. The largest absolute Gasteiger partial charge is 0.383 e. The molecule has 5 rings (SSSR count). The van der Waals surface area contributed by atoms with E-state index in [9.17, 15) is 18.8 Å². The van der Waals surface area contributed by atoms with Gasteiger partial charge in [0.25, 0.3) is 0 Å². The molecule has 244 valence electrons. The lowest BCUT2D eigenvalue weighted by atomic mass is 9.61. The lowest BCUT2D eigenvalue weighted by Gasteiger charge is -2.60. The molecule has 1 aromatic carbocycles. The number of likely N-dealkylation sites (tertiary alicyclic amines) is 2. The number of anilines is 1. The molecule has 45 heavy (non-hydrogen) atoms. The van der Waals surface area contributed by atoms with Gasteiger partial charge in [-0.25, -0.2) is 13.6 Å². The number of benzene rings is 1. The molecular formula is C33H44F2N6O4. The molecule has 0 saturated carbocycles. The number of amides is 3. The Hall–Kier alpha value is -3.64. The predicted molar refractivity (Wildman–Crippen MR) is 165 cm³/mol. The summed E-state index contributed by atoms with van der Waals surface area (Å²) in [7, 11) is 1.53. The van der Waals surface area contributed by atoms with Gasteiger partial charge in [0.2, 0.25) is 5.91 Å². The SMILES string of the molecule is COCCN1C(=O)C(CC(C)=O)C1(C)[C@@H](CCCNC(=O)N1CCC(N2CNc3cnccc3C2)CC1)c1cccc(F)c1F. The highest BCUT2D eigenvalue weighted by Gasteiger charge is 2.60. The van der Waals surface area contributed by atoms with Gasteiger partial charge in [0.15, 0.2) is 11.6 Å². The summed E-state index contributed by atoms with van der Waals surface area (Å²) < 4.78 is 34.9. The molecule has 2 aromatic rings. The number of ketones is 1. The fourth-order valence-corrected chi connectivity index (χ4v) is 7.38. The van der Waals surface area contributed by atoms with Crippen LogP contribution in [0, 0.1) is 17.6 Å². The minimum absolute atomic E-state index is 0.0240. The van der Waals surface area contributed by atoms with E-state index >= 15 is 4.39 Å². The first-order chi connectivity index (χ1) is 21.6. The number of Topliss-reactive ketones (excluding diaryl/α,β-unsaturated/α-hetero) is 1. The molecule has 10 nitrogen and oxygen atoms in total. The van der Waals surface area contributed by atoms with Crippen molar-refractivity contribution >= 4 is 23.4 Å². The fraction of sp³-hybridized carbons (Fsp3) is 0.576. The third kappa shape index (κ3) is 6.81. The Balaban J connectivity index is 1.19. The minimum atomic E-state index is -0.962. The molecule has 4 heterocycles. The number of methoxy groups -OCH3 is 1. The van der Waals surface area contributed by atoms with Crippen LogP contribution in [0.2, 0.25) is 0 Å². The monoisotopic (exact) mass is 626 g/mol. The first kappa shape index (κ1) is 32.7. The van der Waals surface area contributed by atoms with Crippen molar-refractivity contribution in [3.05, 3.63) is 59.4 Å². The molecule has 0 radical (unpaired) electrons. The van der Waals surface area contributed by atoms with Gasteiger partial charge in [0.1, 0.15) is 5.78 Å². The normalized spacial score (nSPS) is 22.8. The number of urea groups is 1. The molecule has 3 amide bonds. The van der Waals surface area contributed by atoms with Crippen LogP contribution in [0.3, 0.4) is 0 Å². The smallest absolute Gasteiger partial charge is 0.317 e. The van der Waals surface area contributed by atoms with Gasteiger partial charge in [-0.05, 0) is 62.8 Å². The number of rotatable bonds is 12. The maximum atomic E-state index is 15.3. The van der Waals surface area contributed by atoms with Crippen molar-refractivity contribution in [2.75, 3.05) is 51.9 Å². The molecule has 2 N–H and O–H groups in total. The van der Waals surface area contributed by atoms with Gasteiger partial charge in [0.05, 0.1) is 36.6 Å². The highest BCUT2D eigenvalue weighted by Crippen LogP contribution is 2.51. The number of piperidine rings is 1. The first-order valence-corrected chi connectivity index (χ1v) is 15.8. The third-order valence-electron chi connectivity index (χ3n) is 9.90. The van der Waals surface area contributed by atoms with E-state index in [1.54, 1.807) is 11.0 Å². The second-order valence-electron chi connectivity index (χ2n) is 12.6. The Morgan fingerprint density at radius 1 is 1.22 bits per heavy atom. The van der Waals surface area contributed by atoms with Gasteiger partial charge in [-0.15, -0.1) is 0 Å². The summed E-state index contributed by atoms with van der Waals surface area (Å²) >= 11 is 0. The molecule has 12 heteroatoms. The number of hydrogen-bond acceptors (Lipinski definition) is 7. The Morgan fingerprint density at radius 3 is 2.73 bits per heavy atom. The van der Waals surface area contributed by atoms with Crippen LogP contribution in [0.15, 0.2) is 36.7 Å². The maximum Gasteiger partial charge on any atom is 0.317 e. The van der Waals surface area contributed by atoms with Crippen LogP contribution in [0.4, 0.5) is 19.3 Å².